The van der Waals surface area contributed by atoms with Gasteiger partial charge in [-0.1, -0.05) is 47.6 Å². The summed E-state index contributed by atoms with van der Waals surface area (Å²) in [6, 6.07) is 15.8. The summed E-state index contributed by atoms with van der Waals surface area (Å²) in [5.74, 6) is -0.0266. The molecule has 6 heteroatoms. The van der Waals surface area contributed by atoms with Gasteiger partial charge in [-0.2, -0.15) is 0 Å². The van der Waals surface area contributed by atoms with Crippen molar-refractivity contribution in [2.75, 3.05) is 5.75 Å². The number of aliphatic carboxylic acids is 1. The van der Waals surface area contributed by atoms with Crippen molar-refractivity contribution in [1.82, 2.24) is 9.55 Å². The molecule has 4 nitrogen and oxygen atoms in total. The lowest BCUT2D eigenvalue weighted by atomic mass is 10.2. The number of para-hydroxylation sites is 2. The molecule has 0 fully saturated rings. The normalized spacial score (nSPS) is 11.0. The standard InChI is InChI=1S/C18H17ClN2O2S/c19-14-9-7-13(8-10-14)12-21-16-5-2-1-4-15(16)20-18(21)24-11-3-6-17(22)23/h1-2,4-5,7-10H,3,6,11-12H2,(H,22,23). The second-order valence-corrected chi connectivity index (χ2v) is 6.94. The number of fused-ring (bicyclic) bond motifs is 1. The summed E-state index contributed by atoms with van der Waals surface area (Å²) in [6.45, 7) is 0.707. The van der Waals surface area contributed by atoms with Crippen LogP contribution in [0.5, 0.6) is 0 Å². The third-order valence-electron chi connectivity index (χ3n) is 3.64. The largest absolute Gasteiger partial charge is 0.481 e. The molecule has 24 heavy (non-hydrogen) atoms. The van der Waals surface area contributed by atoms with Crippen molar-refractivity contribution in [3.05, 3.63) is 59.1 Å². The number of aromatic nitrogens is 2. The van der Waals surface area contributed by atoms with E-state index in [0.717, 1.165) is 32.5 Å². The van der Waals surface area contributed by atoms with Gasteiger partial charge in [-0.15, -0.1) is 0 Å². The molecule has 1 N–H and O–H groups in total. The van der Waals surface area contributed by atoms with Crippen molar-refractivity contribution < 1.29 is 9.90 Å². The van der Waals surface area contributed by atoms with E-state index in [0.29, 0.717) is 13.0 Å². The zero-order valence-corrected chi connectivity index (χ0v) is 14.6. The first-order valence-corrected chi connectivity index (χ1v) is 9.04. The van der Waals surface area contributed by atoms with Crippen LogP contribution in [0, 0.1) is 0 Å². The Kier molecular flexibility index (Phi) is 5.43. The number of thioether (sulfide) groups is 1. The highest BCUT2D eigenvalue weighted by atomic mass is 35.5. The number of halogens is 1. The molecule has 0 bridgehead atoms. The molecule has 3 rings (SSSR count). The van der Waals surface area contributed by atoms with Gasteiger partial charge in [-0.05, 0) is 36.2 Å². The fourth-order valence-corrected chi connectivity index (χ4v) is 3.55. The van der Waals surface area contributed by atoms with Gasteiger partial charge in [0.1, 0.15) is 0 Å². The Hall–Kier alpha value is -1.98. The number of carbonyl (C=O) groups is 1. The van der Waals surface area contributed by atoms with Gasteiger partial charge in [0.2, 0.25) is 0 Å². The number of carboxylic acids is 1. The zero-order valence-electron chi connectivity index (χ0n) is 13.0. The van der Waals surface area contributed by atoms with E-state index in [4.69, 9.17) is 21.7 Å². The summed E-state index contributed by atoms with van der Waals surface area (Å²) in [6.07, 6.45) is 0.814. The van der Waals surface area contributed by atoms with Gasteiger partial charge in [-0.25, -0.2) is 4.98 Å². The van der Waals surface area contributed by atoms with E-state index in [9.17, 15) is 4.79 Å². The van der Waals surface area contributed by atoms with Crippen LogP contribution in [-0.4, -0.2) is 26.4 Å². The van der Waals surface area contributed by atoms with Crippen LogP contribution in [0.3, 0.4) is 0 Å². The minimum Gasteiger partial charge on any atom is -0.481 e. The molecular weight excluding hydrogens is 344 g/mol. The summed E-state index contributed by atoms with van der Waals surface area (Å²) in [4.78, 5) is 15.3. The van der Waals surface area contributed by atoms with Gasteiger partial charge in [0.05, 0.1) is 17.6 Å². The Bertz CT molecular complexity index is 846. The molecule has 3 aromatic rings. The molecule has 0 unspecified atom stereocenters. The molecule has 1 aromatic heterocycles. The number of hydrogen-bond acceptors (Lipinski definition) is 3. The smallest absolute Gasteiger partial charge is 0.303 e. The SMILES string of the molecule is O=C(O)CCCSc1nc2ccccc2n1Cc1ccc(Cl)cc1. The predicted molar refractivity (Wildman–Crippen MR) is 97.9 cm³/mol. The molecule has 0 atom stereocenters. The van der Waals surface area contributed by atoms with Crippen LogP contribution in [0.1, 0.15) is 18.4 Å². The van der Waals surface area contributed by atoms with Crippen molar-refractivity contribution in [2.24, 2.45) is 0 Å². The predicted octanol–water partition coefficient (Wildman–Crippen LogP) is 4.69. The van der Waals surface area contributed by atoms with E-state index >= 15 is 0 Å². The average molecular weight is 361 g/mol. The maximum atomic E-state index is 10.6. The van der Waals surface area contributed by atoms with Gasteiger partial charge in [0, 0.05) is 17.2 Å². The summed E-state index contributed by atoms with van der Waals surface area (Å²) in [7, 11) is 0. The summed E-state index contributed by atoms with van der Waals surface area (Å²) in [5, 5.41) is 10.4. The topological polar surface area (TPSA) is 55.1 Å². The van der Waals surface area contributed by atoms with Crippen molar-refractivity contribution in [3.8, 4) is 0 Å². The monoisotopic (exact) mass is 360 g/mol. The first-order chi connectivity index (χ1) is 11.6. The highest BCUT2D eigenvalue weighted by Gasteiger charge is 2.11. The highest BCUT2D eigenvalue weighted by molar-refractivity contribution is 7.99. The average Bonchev–Trinajstić information content (AvgIpc) is 2.91. The van der Waals surface area contributed by atoms with Gasteiger partial charge in [0.25, 0.3) is 0 Å². The number of benzene rings is 2. The van der Waals surface area contributed by atoms with E-state index in [2.05, 4.69) is 10.6 Å². The third-order valence-corrected chi connectivity index (χ3v) is 4.95. The number of imidazole rings is 1. The van der Waals surface area contributed by atoms with Gasteiger partial charge >= 0.3 is 5.97 Å². The molecule has 0 aliphatic carbocycles. The van der Waals surface area contributed by atoms with E-state index in [1.807, 2.05) is 42.5 Å². The van der Waals surface area contributed by atoms with Crippen LogP contribution in [-0.2, 0) is 11.3 Å². The third kappa shape index (κ3) is 4.10. The Balaban J connectivity index is 1.84. The lowest BCUT2D eigenvalue weighted by Gasteiger charge is -2.09. The van der Waals surface area contributed by atoms with Crippen molar-refractivity contribution in [3.63, 3.8) is 0 Å². The molecule has 0 saturated carbocycles. The minimum absolute atomic E-state index is 0.185. The second-order valence-electron chi connectivity index (χ2n) is 5.44. The Morgan fingerprint density at radius 2 is 1.92 bits per heavy atom. The van der Waals surface area contributed by atoms with Crippen LogP contribution in [0.25, 0.3) is 11.0 Å². The minimum atomic E-state index is -0.759. The number of carboxylic acid groups (broad SMARTS) is 1. The first-order valence-electron chi connectivity index (χ1n) is 7.68. The molecule has 124 valence electrons. The van der Waals surface area contributed by atoms with Crippen molar-refractivity contribution >= 4 is 40.4 Å². The van der Waals surface area contributed by atoms with Crippen LogP contribution in [0.4, 0.5) is 0 Å². The Labute approximate surface area is 149 Å². The van der Waals surface area contributed by atoms with Crippen LogP contribution in [0.15, 0.2) is 53.7 Å². The number of rotatable bonds is 7. The molecule has 0 saturated heterocycles. The molecular formula is C18H17ClN2O2S. The molecule has 0 aliphatic heterocycles. The quantitative estimate of drug-likeness (QED) is 0.490. The maximum absolute atomic E-state index is 10.6. The Morgan fingerprint density at radius 3 is 2.67 bits per heavy atom. The molecule has 0 aliphatic rings. The summed E-state index contributed by atoms with van der Waals surface area (Å²) >= 11 is 7.56. The maximum Gasteiger partial charge on any atom is 0.303 e. The van der Waals surface area contributed by atoms with Crippen LogP contribution < -0.4 is 0 Å². The van der Waals surface area contributed by atoms with Crippen molar-refractivity contribution in [2.45, 2.75) is 24.5 Å². The van der Waals surface area contributed by atoms with Gasteiger partial charge in [-0.3, -0.25) is 4.79 Å². The lowest BCUT2D eigenvalue weighted by molar-refractivity contribution is -0.137. The zero-order chi connectivity index (χ0) is 16.9. The van der Waals surface area contributed by atoms with E-state index in [1.165, 1.54) is 0 Å². The fraction of sp³-hybridized carbons (Fsp3) is 0.222. The summed E-state index contributed by atoms with van der Waals surface area (Å²) < 4.78 is 2.17. The van der Waals surface area contributed by atoms with Gasteiger partial charge in [0.15, 0.2) is 5.16 Å². The van der Waals surface area contributed by atoms with Crippen LogP contribution >= 0.6 is 23.4 Å². The van der Waals surface area contributed by atoms with Crippen molar-refractivity contribution in [1.29, 1.82) is 0 Å². The molecule has 2 aromatic carbocycles. The summed E-state index contributed by atoms with van der Waals surface area (Å²) in [5.41, 5.74) is 3.18. The molecule has 0 amide bonds. The van der Waals surface area contributed by atoms with E-state index in [1.54, 1.807) is 11.8 Å². The fourth-order valence-electron chi connectivity index (χ4n) is 2.48. The van der Waals surface area contributed by atoms with Crippen LogP contribution in [0.2, 0.25) is 5.02 Å². The Morgan fingerprint density at radius 1 is 1.17 bits per heavy atom. The highest BCUT2D eigenvalue weighted by Crippen LogP contribution is 2.26. The molecule has 0 radical (unpaired) electrons. The van der Waals surface area contributed by atoms with E-state index in [-0.39, 0.29) is 6.42 Å². The molecule has 0 spiro atoms. The first kappa shape index (κ1) is 16.9. The van der Waals surface area contributed by atoms with Gasteiger partial charge < -0.3 is 9.67 Å². The lowest BCUT2D eigenvalue weighted by Crippen LogP contribution is -2.02. The number of nitrogens with zero attached hydrogens (tertiary/aromatic N) is 2. The molecule has 1 heterocycles. The second kappa shape index (κ2) is 7.73. The van der Waals surface area contributed by atoms with E-state index < -0.39 is 5.97 Å². The number of hydrogen-bond donors (Lipinski definition) is 1.